The molecule has 2 aliphatic rings. The van der Waals surface area contributed by atoms with Crippen molar-refractivity contribution in [3.05, 3.63) is 24.5 Å². The number of anilines is 1. The average molecular weight is 358 g/mol. The van der Waals surface area contributed by atoms with E-state index in [2.05, 4.69) is 36.2 Å². The molecule has 1 aromatic carbocycles. The molecule has 2 aromatic rings. The first-order chi connectivity index (χ1) is 12.6. The van der Waals surface area contributed by atoms with Crippen LogP contribution in [0.3, 0.4) is 0 Å². The predicted molar refractivity (Wildman–Crippen MR) is 104 cm³/mol. The molecule has 1 aliphatic heterocycles. The monoisotopic (exact) mass is 358 g/mol. The van der Waals surface area contributed by atoms with Gasteiger partial charge in [0.2, 0.25) is 0 Å². The molecule has 0 spiro atoms. The van der Waals surface area contributed by atoms with Crippen LogP contribution >= 0.6 is 0 Å². The maximum absolute atomic E-state index is 5.86. The van der Waals surface area contributed by atoms with Crippen LogP contribution in [-0.2, 0) is 4.74 Å². The maximum atomic E-state index is 5.86. The smallest absolute Gasteiger partial charge is 0.177 e. The highest BCUT2D eigenvalue weighted by Crippen LogP contribution is 2.40. The molecule has 1 saturated carbocycles. The Morgan fingerprint density at radius 3 is 2.88 bits per heavy atom. The Labute approximate surface area is 155 Å². The highest BCUT2D eigenvalue weighted by atomic mass is 16.5. The maximum Gasteiger partial charge on any atom is 0.177 e. The third-order valence-electron chi connectivity index (χ3n) is 5.68. The number of fused-ring (bicyclic) bond motifs is 2. The van der Waals surface area contributed by atoms with Crippen molar-refractivity contribution in [2.45, 2.75) is 57.2 Å². The van der Waals surface area contributed by atoms with E-state index in [9.17, 15) is 0 Å². The van der Waals surface area contributed by atoms with E-state index in [1.165, 1.54) is 31.4 Å². The zero-order chi connectivity index (χ0) is 18.1. The van der Waals surface area contributed by atoms with E-state index in [0.29, 0.717) is 25.3 Å². The van der Waals surface area contributed by atoms with Crippen molar-refractivity contribution < 1.29 is 13.9 Å². The summed E-state index contributed by atoms with van der Waals surface area (Å²) in [6.07, 6.45) is 6.91. The van der Waals surface area contributed by atoms with E-state index >= 15 is 0 Å². The van der Waals surface area contributed by atoms with Gasteiger partial charge in [0, 0.05) is 42.4 Å². The summed E-state index contributed by atoms with van der Waals surface area (Å²) >= 11 is 0. The van der Waals surface area contributed by atoms with Crippen LogP contribution in [-0.4, -0.2) is 44.5 Å². The SMILES string of the molecule is COCCOc1ccc(N2CC(C)(C)N[C@@H]3CCCC[C@@H]32)c2ccoc12. The lowest BCUT2D eigenvalue weighted by Gasteiger charge is -2.52. The molecular formula is C21H30N2O3. The fraction of sp³-hybridized carbons (Fsp3) is 0.619. The number of hydrogen-bond donors (Lipinski definition) is 1. The van der Waals surface area contributed by atoms with Gasteiger partial charge in [0.15, 0.2) is 11.3 Å². The standard InChI is InChI=1S/C21H30N2O3/c1-21(2)14-23(18-7-5-4-6-16(18)22-21)17-8-9-19(25-13-12-24-3)20-15(17)10-11-26-20/h8-11,16,18,22H,4-7,12-14H2,1-3H3/t16-,18+/m1/s1. The van der Waals surface area contributed by atoms with Crippen LogP contribution in [0.15, 0.2) is 28.9 Å². The van der Waals surface area contributed by atoms with Crippen molar-refractivity contribution in [2.24, 2.45) is 0 Å². The molecule has 4 rings (SSSR count). The Morgan fingerprint density at radius 2 is 2.04 bits per heavy atom. The zero-order valence-corrected chi connectivity index (χ0v) is 16.1. The van der Waals surface area contributed by atoms with E-state index in [4.69, 9.17) is 13.9 Å². The van der Waals surface area contributed by atoms with Gasteiger partial charge in [0.1, 0.15) is 6.61 Å². The number of rotatable bonds is 5. The quantitative estimate of drug-likeness (QED) is 0.820. The number of methoxy groups -OCH3 is 1. The van der Waals surface area contributed by atoms with E-state index in [0.717, 1.165) is 23.3 Å². The Bertz CT molecular complexity index is 755. The van der Waals surface area contributed by atoms with Crippen LogP contribution in [0.4, 0.5) is 5.69 Å². The highest BCUT2D eigenvalue weighted by Gasteiger charge is 2.41. The van der Waals surface area contributed by atoms with E-state index in [1.54, 1.807) is 13.4 Å². The van der Waals surface area contributed by atoms with Gasteiger partial charge in [-0.25, -0.2) is 0 Å². The van der Waals surface area contributed by atoms with E-state index in [-0.39, 0.29) is 5.54 Å². The molecule has 5 nitrogen and oxygen atoms in total. The summed E-state index contributed by atoms with van der Waals surface area (Å²) in [5.74, 6) is 0.792. The number of nitrogens with zero attached hydrogens (tertiary/aromatic N) is 1. The number of furan rings is 1. The summed E-state index contributed by atoms with van der Waals surface area (Å²) < 4.78 is 16.7. The zero-order valence-electron chi connectivity index (χ0n) is 16.1. The van der Waals surface area contributed by atoms with Crippen LogP contribution in [0.25, 0.3) is 11.0 Å². The van der Waals surface area contributed by atoms with Crippen LogP contribution in [0, 0.1) is 0 Å². The Morgan fingerprint density at radius 1 is 1.19 bits per heavy atom. The lowest BCUT2D eigenvalue weighted by molar-refractivity contribution is 0.146. The van der Waals surface area contributed by atoms with Gasteiger partial charge in [-0.3, -0.25) is 0 Å². The molecular weight excluding hydrogens is 328 g/mol. The molecule has 0 unspecified atom stereocenters. The number of benzene rings is 1. The van der Waals surface area contributed by atoms with Crippen molar-refractivity contribution in [3.63, 3.8) is 0 Å². The molecule has 2 atom stereocenters. The van der Waals surface area contributed by atoms with E-state index < -0.39 is 0 Å². The van der Waals surface area contributed by atoms with Gasteiger partial charge in [-0.05, 0) is 44.9 Å². The van der Waals surface area contributed by atoms with Crippen LogP contribution < -0.4 is 15.0 Å². The number of nitrogens with one attached hydrogen (secondary N) is 1. The van der Waals surface area contributed by atoms with Gasteiger partial charge in [-0.15, -0.1) is 0 Å². The van der Waals surface area contributed by atoms with Crippen LogP contribution in [0.2, 0.25) is 0 Å². The minimum Gasteiger partial charge on any atom is -0.487 e. The second-order valence-electron chi connectivity index (χ2n) is 8.20. The van der Waals surface area contributed by atoms with Gasteiger partial charge in [-0.1, -0.05) is 12.8 Å². The first-order valence-corrected chi connectivity index (χ1v) is 9.75. The van der Waals surface area contributed by atoms with Crippen molar-refractivity contribution in [1.29, 1.82) is 0 Å². The van der Waals surface area contributed by atoms with Crippen molar-refractivity contribution in [3.8, 4) is 5.75 Å². The second-order valence-corrected chi connectivity index (χ2v) is 8.20. The summed E-state index contributed by atoms with van der Waals surface area (Å²) in [5.41, 5.74) is 2.20. The van der Waals surface area contributed by atoms with Gasteiger partial charge in [-0.2, -0.15) is 0 Å². The number of hydrogen-bond acceptors (Lipinski definition) is 5. The molecule has 26 heavy (non-hydrogen) atoms. The summed E-state index contributed by atoms with van der Waals surface area (Å²) in [6, 6.07) is 7.43. The Kier molecular flexibility index (Phi) is 4.84. The molecule has 1 saturated heterocycles. The highest BCUT2D eigenvalue weighted by molar-refractivity contribution is 5.95. The van der Waals surface area contributed by atoms with Crippen molar-refractivity contribution in [2.75, 3.05) is 31.8 Å². The van der Waals surface area contributed by atoms with Gasteiger partial charge in [0.25, 0.3) is 0 Å². The predicted octanol–water partition coefficient (Wildman–Crippen LogP) is 3.96. The second kappa shape index (κ2) is 7.12. The van der Waals surface area contributed by atoms with Crippen molar-refractivity contribution in [1.82, 2.24) is 5.32 Å². The van der Waals surface area contributed by atoms with E-state index in [1.807, 2.05) is 6.07 Å². The van der Waals surface area contributed by atoms with Gasteiger partial charge < -0.3 is 24.1 Å². The lowest BCUT2D eigenvalue weighted by Crippen LogP contribution is -2.67. The largest absolute Gasteiger partial charge is 0.487 e. The topological polar surface area (TPSA) is 46.9 Å². The third-order valence-corrected chi connectivity index (χ3v) is 5.68. The van der Waals surface area contributed by atoms with Gasteiger partial charge >= 0.3 is 0 Å². The lowest BCUT2D eigenvalue weighted by atomic mass is 9.83. The summed E-state index contributed by atoms with van der Waals surface area (Å²) in [4.78, 5) is 2.61. The first kappa shape index (κ1) is 17.7. The van der Waals surface area contributed by atoms with Crippen LogP contribution in [0.5, 0.6) is 5.75 Å². The molecule has 0 bridgehead atoms. The molecule has 1 N–H and O–H groups in total. The normalized spacial score (nSPS) is 25.3. The fourth-order valence-electron chi connectivity index (χ4n) is 4.63. The third kappa shape index (κ3) is 3.30. The molecule has 142 valence electrons. The molecule has 0 amide bonds. The average Bonchev–Trinajstić information content (AvgIpc) is 3.10. The summed E-state index contributed by atoms with van der Waals surface area (Å²) in [7, 11) is 1.68. The molecule has 2 fully saturated rings. The Hall–Kier alpha value is -1.72. The minimum absolute atomic E-state index is 0.0994. The van der Waals surface area contributed by atoms with Gasteiger partial charge in [0.05, 0.1) is 12.9 Å². The first-order valence-electron chi connectivity index (χ1n) is 9.75. The minimum atomic E-state index is 0.0994. The van der Waals surface area contributed by atoms with Crippen molar-refractivity contribution >= 4 is 16.7 Å². The molecule has 0 radical (unpaired) electrons. The fourth-order valence-corrected chi connectivity index (χ4v) is 4.63. The molecule has 1 aliphatic carbocycles. The number of ether oxygens (including phenoxy) is 2. The molecule has 1 aromatic heterocycles. The molecule has 5 heteroatoms. The van der Waals surface area contributed by atoms with Crippen LogP contribution in [0.1, 0.15) is 39.5 Å². The number of piperazine rings is 1. The summed E-state index contributed by atoms with van der Waals surface area (Å²) in [5, 5.41) is 5.02. The Balaban J connectivity index is 1.69. The molecule has 2 heterocycles. The summed E-state index contributed by atoms with van der Waals surface area (Å²) in [6.45, 7) is 6.70.